The van der Waals surface area contributed by atoms with Crippen molar-refractivity contribution in [1.29, 1.82) is 0 Å². The second-order valence-corrected chi connectivity index (χ2v) is 5.44. The molecule has 1 aromatic carbocycles. The molecule has 1 atom stereocenters. The van der Waals surface area contributed by atoms with Crippen LogP contribution in [0.25, 0.3) is 0 Å². The molecule has 0 aliphatic rings. The Kier molecular flexibility index (Phi) is 7.84. The fourth-order valence-electron chi connectivity index (χ4n) is 2.47. The van der Waals surface area contributed by atoms with Crippen LogP contribution < -0.4 is 5.46 Å². The van der Waals surface area contributed by atoms with Gasteiger partial charge in [-0.1, -0.05) is 76.6 Å². The number of unbranched alkanes of at least 4 members (excludes halogenated alkanes) is 3. The Hall–Kier alpha value is -0.795. The van der Waals surface area contributed by atoms with E-state index in [9.17, 15) is 0 Å². The van der Waals surface area contributed by atoms with E-state index in [1.165, 1.54) is 44.1 Å². The third-order valence-electron chi connectivity index (χ3n) is 3.85. The van der Waals surface area contributed by atoms with Crippen LogP contribution in [0.1, 0.15) is 57.9 Å². The molecule has 0 bridgehead atoms. The molecule has 0 aliphatic heterocycles. The molecule has 1 unspecified atom stereocenters. The van der Waals surface area contributed by atoms with Crippen molar-refractivity contribution >= 4 is 12.6 Å². The summed E-state index contributed by atoms with van der Waals surface area (Å²) in [5.41, 5.74) is 1.87. The third kappa shape index (κ3) is 6.26. The van der Waals surface area contributed by atoms with Gasteiger partial charge in [-0.3, -0.25) is 0 Å². The Balaban J connectivity index is 2.41. The summed E-state index contributed by atoms with van der Waals surface area (Å²) in [7, 11) is -1.36. The van der Waals surface area contributed by atoms with E-state index in [2.05, 4.69) is 13.8 Å². The molecule has 3 heteroatoms. The molecule has 0 saturated carbocycles. The average Bonchev–Trinajstić information content (AvgIpc) is 2.42. The van der Waals surface area contributed by atoms with Crippen molar-refractivity contribution in [2.24, 2.45) is 5.92 Å². The minimum atomic E-state index is -1.36. The molecule has 19 heavy (non-hydrogen) atoms. The summed E-state index contributed by atoms with van der Waals surface area (Å²) in [5.74, 6) is 0.752. The molecule has 2 N–H and O–H groups in total. The highest BCUT2D eigenvalue weighted by Crippen LogP contribution is 2.19. The maximum absolute atomic E-state index is 9.06. The SMILES string of the molecule is CCCCCCC(CC)Cc1ccc(B(O)O)cc1. The lowest BCUT2D eigenvalue weighted by Gasteiger charge is -2.15. The van der Waals surface area contributed by atoms with Crippen LogP contribution in [-0.2, 0) is 6.42 Å². The van der Waals surface area contributed by atoms with E-state index in [1.807, 2.05) is 24.3 Å². The van der Waals surface area contributed by atoms with Crippen molar-refractivity contribution in [3.63, 3.8) is 0 Å². The standard InChI is InChI=1S/C16H27BO2/c1-3-5-6-7-8-14(4-2)13-15-9-11-16(12-10-15)17(18)19/h9-12,14,18-19H,3-8,13H2,1-2H3. The topological polar surface area (TPSA) is 40.5 Å². The van der Waals surface area contributed by atoms with Crippen molar-refractivity contribution in [3.05, 3.63) is 29.8 Å². The third-order valence-corrected chi connectivity index (χ3v) is 3.85. The van der Waals surface area contributed by atoms with Gasteiger partial charge in [0.15, 0.2) is 0 Å². The van der Waals surface area contributed by atoms with Crippen LogP contribution in [-0.4, -0.2) is 17.2 Å². The van der Waals surface area contributed by atoms with Gasteiger partial charge in [0.2, 0.25) is 0 Å². The zero-order chi connectivity index (χ0) is 14.1. The maximum atomic E-state index is 9.06. The van der Waals surface area contributed by atoms with E-state index in [1.54, 1.807) is 0 Å². The number of hydrogen-bond acceptors (Lipinski definition) is 2. The Morgan fingerprint density at radius 1 is 1.00 bits per heavy atom. The quantitative estimate of drug-likeness (QED) is 0.530. The van der Waals surface area contributed by atoms with Gasteiger partial charge >= 0.3 is 7.12 Å². The lowest BCUT2D eigenvalue weighted by Crippen LogP contribution is -2.29. The summed E-state index contributed by atoms with van der Waals surface area (Å²) in [6.07, 6.45) is 8.95. The number of benzene rings is 1. The minimum absolute atomic E-state index is 0.569. The van der Waals surface area contributed by atoms with Crippen LogP contribution in [0.15, 0.2) is 24.3 Å². The number of rotatable bonds is 9. The molecule has 0 spiro atoms. The predicted octanol–water partition coefficient (Wildman–Crippen LogP) is 2.91. The van der Waals surface area contributed by atoms with Crippen molar-refractivity contribution in [3.8, 4) is 0 Å². The highest BCUT2D eigenvalue weighted by molar-refractivity contribution is 6.58. The smallest absolute Gasteiger partial charge is 0.423 e. The molecule has 106 valence electrons. The second-order valence-electron chi connectivity index (χ2n) is 5.44. The zero-order valence-corrected chi connectivity index (χ0v) is 12.3. The first-order chi connectivity index (χ1) is 9.17. The van der Waals surface area contributed by atoms with Crippen molar-refractivity contribution < 1.29 is 10.0 Å². The van der Waals surface area contributed by atoms with Crippen LogP contribution in [0.3, 0.4) is 0 Å². The van der Waals surface area contributed by atoms with Crippen LogP contribution in [0.5, 0.6) is 0 Å². The van der Waals surface area contributed by atoms with Gasteiger partial charge in [0.25, 0.3) is 0 Å². The van der Waals surface area contributed by atoms with Crippen LogP contribution in [0, 0.1) is 5.92 Å². The van der Waals surface area contributed by atoms with E-state index < -0.39 is 7.12 Å². The first-order valence-electron chi connectivity index (χ1n) is 7.62. The first kappa shape index (κ1) is 16.3. The molecular formula is C16H27BO2. The molecule has 1 aromatic rings. The van der Waals surface area contributed by atoms with Crippen LogP contribution >= 0.6 is 0 Å². The fourth-order valence-corrected chi connectivity index (χ4v) is 2.47. The van der Waals surface area contributed by atoms with E-state index in [-0.39, 0.29) is 0 Å². The molecule has 0 heterocycles. The molecular weight excluding hydrogens is 235 g/mol. The van der Waals surface area contributed by atoms with Gasteiger partial charge in [0.1, 0.15) is 0 Å². The monoisotopic (exact) mass is 262 g/mol. The molecule has 2 nitrogen and oxygen atoms in total. The van der Waals surface area contributed by atoms with E-state index >= 15 is 0 Å². The Morgan fingerprint density at radius 3 is 2.21 bits per heavy atom. The predicted molar refractivity (Wildman–Crippen MR) is 82.5 cm³/mol. The van der Waals surface area contributed by atoms with Crippen LogP contribution in [0.4, 0.5) is 0 Å². The van der Waals surface area contributed by atoms with Crippen molar-refractivity contribution in [2.75, 3.05) is 0 Å². The zero-order valence-electron chi connectivity index (χ0n) is 12.3. The summed E-state index contributed by atoms with van der Waals surface area (Å²) in [6.45, 7) is 4.50. The van der Waals surface area contributed by atoms with Crippen molar-refractivity contribution in [1.82, 2.24) is 0 Å². The second kappa shape index (κ2) is 9.16. The maximum Gasteiger partial charge on any atom is 0.488 e. The highest BCUT2D eigenvalue weighted by Gasteiger charge is 2.11. The van der Waals surface area contributed by atoms with E-state index in [4.69, 9.17) is 10.0 Å². The molecule has 0 radical (unpaired) electrons. The summed E-state index contributed by atoms with van der Waals surface area (Å²) < 4.78 is 0. The summed E-state index contributed by atoms with van der Waals surface area (Å²) in [6, 6.07) is 7.65. The lowest BCUT2D eigenvalue weighted by molar-refractivity contribution is 0.425. The summed E-state index contributed by atoms with van der Waals surface area (Å²) in [5, 5.41) is 18.1. The number of hydrogen-bond donors (Lipinski definition) is 2. The van der Waals surface area contributed by atoms with Gasteiger partial charge in [-0.25, -0.2) is 0 Å². The minimum Gasteiger partial charge on any atom is -0.423 e. The van der Waals surface area contributed by atoms with Gasteiger partial charge in [0, 0.05) is 0 Å². The molecule has 0 aliphatic carbocycles. The van der Waals surface area contributed by atoms with Crippen molar-refractivity contribution in [2.45, 2.75) is 58.8 Å². The molecule has 1 rings (SSSR count). The summed E-state index contributed by atoms with van der Waals surface area (Å²) >= 11 is 0. The Morgan fingerprint density at radius 2 is 1.68 bits per heavy atom. The van der Waals surface area contributed by atoms with E-state index in [0.29, 0.717) is 5.46 Å². The molecule has 0 fully saturated rings. The summed E-state index contributed by atoms with van der Waals surface area (Å²) in [4.78, 5) is 0. The first-order valence-corrected chi connectivity index (χ1v) is 7.62. The largest absolute Gasteiger partial charge is 0.488 e. The Labute approximate surface area is 118 Å². The molecule has 0 saturated heterocycles. The van der Waals surface area contributed by atoms with Gasteiger partial charge in [0.05, 0.1) is 0 Å². The Bertz CT molecular complexity index is 335. The van der Waals surface area contributed by atoms with E-state index in [0.717, 1.165) is 12.3 Å². The molecule has 0 amide bonds. The van der Waals surface area contributed by atoms with Gasteiger partial charge in [-0.2, -0.15) is 0 Å². The lowest BCUT2D eigenvalue weighted by atomic mass is 9.79. The molecule has 0 aromatic heterocycles. The van der Waals surface area contributed by atoms with Crippen LogP contribution in [0.2, 0.25) is 0 Å². The fraction of sp³-hybridized carbons (Fsp3) is 0.625. The highest BCUT2D eigenvalue weighted by atomic mass is 16.4. The average molecular weight is 262 g/mol. The normalized spacial score (nSPS) is 12.4. The van der Waals surface area contributed by atoms with Gasteiger partial charge in [-0.05, 0) is 23.4 Å². The van der Waals surface area contributed by atoms with Gasteiger partial charge in [-0.15, -0.1) is 0 Å². The van der Waals surface area contributed by atoms with Gasteiger partial charge < -0.3 is 10.0 Å².